The van der Waals surface area contributed by atoms with E-state index in [9.17, 15) is 30.4 Å². The maximum atomic E-state index is 13.8. The molecule has 11 heteroatoms. The Morgan fingerprint density at radius 3 is 2.00 bits per heavy atom. The number of hydrogen-bond acceptors (Lipinski definition) is 3. The minimum Gasteiger partial charge on any atom is -0.494 e. The van der Waals surface area contributed by atoms with E-state index in [0.29, 0.717) is 6.07 Å². The van der Waals surface area contributed by atoms with Crippen LogP contribution in [-0.2, 0) is 10.0 Å². The van der Waals surface area contributed by atoms with Crippen molar-refractivity contribution in [3.63, 3.8) is 0 Å². The van der Waals surface area contributed by atoms with Crippen molar-refractivity contribution in [3.05, 3.63) is 51.8 Å². The molecule has 2 rings (SSSR count). The summed E-state index contributed by atoms with van der Waals surface area (Å²) in [4.78, 5) is -1.86. The first kappa shape index (κ1) is 18.5. The molecule has 0 aliphatic heterocycles. The van der Waals surface area contributed by atoms with Crippen molar-refractivity contribution in [3.8, 4) is 5.75 Å². The zero-order chi connectivity index (χ0) is 18.2. The summed E-state index contributed by atoms with van der Waals surface area (Å²) in [5.41, 5.74) is -0.434. The topological polar surface area (TPSA) is 55.4 Å². The molecule has 2 aromatic carbocycles. The normalized spacial score (nSPS) is 11.5. The number of rotatable bonds is 4. The smallest absolute Gasteiger partial charge is 0.267 e. The number of hydrogen-bond donors (Lipinski definition) is 1. The first-order valence-electron chi connectivity index (χ1n) is 5.98. The minimum absolute atomic E-state index is 0.212. The van der Waals surface area contributed by atoms with Crippen molar-refractivity contribution in [2.24, 2.45) is 0 Å². The summed E-state index contributed by atoms with van der Waals surface area (Å²) in [6.45, 7) is 0. The van der Waals surface area contributed by atoms with Gasteiger partial charge in [-0.1, -0.05) is 0 Å². The van der Waals surface area contributed by atoms with Crippen molar-refractivity contribution >= 4 is 31.6 Å². The second-order valence-electron chi connectivity index (χ2n) is 4.35. The lowest BCUT2D eigenvalue weighted by atomic mass is 10.3. The fourth-order valence-corrected chi connectivity index (χ4v) is 3.30. The quantitative estimate of drug-likeness (QED) is 0.453. The molecule has 4 nitrogen and oxygen atoms in total. The Hall–Kier alpha value is -1.88. The molecule has 130 valence electrons. The van der Waals surface area contributed by atoms with Crippen LogP contribution in [0.2, 0.25) is 0 Å². The van der Waals surface area contributed by atoms with E-state index in [1.807, 2.05) is 0 Å². The molecule has 0 heterocycles. The van der Waals surface area contributed by atoms with Crippen LogP contribution in [0.4, 0.5) is 27.6 Å². The Balaban J connectivity index is 2.55. The van der Waals surface area contributed by atoms with E-state index in [2.05, 4.69) is 20.7 Å². The highest BCUT2D eigenvalue weighted by atomic mass is 79.9. The van der Waals surface area contributed by atoms with Crippen molar-refractivity contribution in [2.45, 2.75) is 4.90 Å². The molecule has 0 aliphatic carbocycles. The van der Waals surface area contributed by atoms with Crippen molar-refractivity contribution < 1.29 is 35.1 Å². The van der Waals surface area contributed by atoms with Crippen LogP contribution in [-0.4, -0.2) is 15.5 Å². The fraction of sp³-hybridized carbons (Fsp3) is 0.0769. The monoisotopic (exact) mass is 431 g/mol. The van der Waals surface area contributed by atoms with Gasteiger partial charge in [0.05, 0.1) is 17.3 Å². The summed E-state index contributed by atoms with van der Waals surface area (Å²) in [7, 11) is -3.91. The molecule has 0 radical (unpaired) electrons. The van der Waals surface area contributed by atoms with E-state index in [-0.39, 0.29) is 5.75 Å². The Bertz CT molecular complexity index is 891. The first-order valence-corrected chi connectivity index (χ1v) is 8.25. The Labute approximate surface area is 141 Å². The van der Waals surface area contributed by atoms with E-state index in [1.54, 1.807) is 4.72 Å². The molecule has 0 aliphatic rings. The maximum absolute atomic E-state index is 13.8. The van der Waals surface area contributed by atoms with Gasteiger partial charge in [0.15, 0.2) is 39.7 Å². The summed E-state index contributed by atoms with van der Waals surface area (Å²) in [5, 5.41) is 0. The Kier molecular flexibility index (Phi) is 5.04. The van der Waals surface area contributed by atoms with Crippen LogP contribution in [0.1, 0.15) is 0 Å². The molecule has 0 amide bonds. The molecule has 0 aromatic heterocycles. The van der Waals surface area contributed by atoms with Gasteiger partial charge >= 0.3 is 0 Å². The highest BCUT2D eigenvalue weighted by molar-refractivity contribution is 9.10. The van der Waals surface area contributed by atoms with Crippen molar-refractivity contribution in [1.29, 1.82) is 0 Å². The van der Waals surface area contributed by atoms with Gasteiger partial charge in [0.25, 0.3) is 10.0 Å². The molecule has 2 aromatic rings. The van der Waals surface area contributed by atoms with E-state index in [0.717, 1.165) is 12.1 Å². The zero-order valence-electron chi connectivity index (χ0n) is 11.6. The summed E-state index contributed by atoms with van der Waals surface area (Å²) < 4.78 is 97.1. The highest BCUT2D eigenvalue weighted by Gasteiger charge is 2.32. The molecule has 0 spiro atoms. The van der Waals surface area contributed by atoms with Gasteiger partial charge < -0.3 is 4.74 Å². The third-order valence-electron chi connectivity index (χ3n) is 2.84. The minimum atomic E-state index is -5.08. The van der Waals surface area contributed by atoms with Gasteiger partial charge in [-0.15, -0.1) is 0 Å². The third kappa shape index (κ3) is 3.18. The average Bonchev–Trinajstić information content (AvgIpc) is 2.50. The summed E-state index contributed by atoms with van der Waals surface area (Å²) >= 11 is 2.27. The highest BCUT2D eigenvalue weighted by Crippen LogP contribution is 2.32. The average molecular weight is 432 g/mol. The second kappa shape index (κ2) is 6.55. The third-order valence-corrected chi connectivity index (χ3v) is 4.94. The lowest BCUT2D eigenvalue weighted by molar-refractivity contribution is 0.386. The Morgan fingerprint density at radius 2 is 1.54 bits per heavy atom. The van der Waals surface area contributed by atoms with E-state index in [4.69, 9.17) is 0 Å². The van der Waals surface area contributed by atoms with Crippen molar-refractivity contribution in [1.82, 2.24) is 0 Å². The second-order valence-corrected chi connectivity index (χ2v) is 6.77. The molecule has 0 fully saturated rings. The number of anilines is 1. The number of benzene rings is 2. The van der Waals surface area contributed by atoms with Gasteiger partial charge in [-0.3, -0.25) is 4.72 Å². The fourth-order valence-electron chi connectivity index (χ4n) is 1.76. The summed E-state index contributed by atoms with van der Waals surface area (Å²) in [6.07, 6.45) is 0. The molecule has 0 bridgehead atoms. The number of halogens is 6. The molecular formula is C13H7BrF5NO3S. The van der Waals surface area contributed by atoms with Crippen LogP contribution in [0, 0.1) is 29.1 Å². The molecule has 0 saturated carbocycles. The molecule has 0 unspecified atom stereocenters. The SMILES string of the molecule is COc1ccc(NS(=O)(=O)c2c(F)c(F)c(Br)c(F)c2F)cc1F. The molecule has 24 heavy (non-hydrogen) atoms. The lowest BCUT2D eigenvalue weighted by Crippen LogP contribution is -2.19. The predicted octanol–water partition coefficient (Wildman–Crippen LogP) is 3.95. The van der Waals surface area contributed by atoms with Crippen molar-refractivity contribution in [2.75, 3.05) is 11.8 Å². The number of nitrogens with one attached hydrogen (secondary N) is 1. The first-order chi connectivity index (χ1) is 11.1. The Morgan fingerprint density at radius 1 is 1.00 bits per heavy atom. The van der Waals surface area contributed by atoms with Crippen LogP contribution in [0.5, 0.6) is 5.75 Å². The van der Waals surface area contributed by atoms with Crippen LogP contribution in [0.25, 0.3) is 0 Å². The van der Waals surface area contributed by atoms with Crippen LogP contribution >= 0.6 is 15.9 Å². The maximum Gasteiger partial charge on any atom is 0.267 e. The van der Waals surface area contributed by atoms with E-state index in [1.165, 1.54) is 7.11 Å². The van der Waals surface area contributed by atoms with Gasteiger partial charge in [-0.2, -0.15) is 0 Å². The number of ether oxygens (including phenoxy) is 1. The largest absolute Gasteiger partial charge is 0.494 e. The van der Waals surface area contributed by atoms with Gasteiger partial charge in [0.2, 0.25) is 0 Å². The number of methoxy groups -OCH3 is 1. The summed E-state index contributed by atoms with van der Waals surface area (Å²) in [6, 6.07) is 2.74. The zero-order valence-corrected chi connectivity index (χ0v) is 14.0. The molecular weight excluding hydrogens is 425 g/mol. The van der Waals surface area contributed by atoms with Crippen LogP contribution in [0.15, 0.2) is 27.6 Å². The van der Waals surface area contributed by atoms with Gasteiger partial charge in [0, 0.05) is 6.07 Å². The standard InChI is InChI=1S/C13H7BrF5NO3S/c1-23-7-3-2-5(4-6(7)15)20-24(21,22)13-11(18)9(16)8(14)10(17)12(13)19/h2-4,20H,1H3. The van der Waals surface area contributed by atoms with Crippen LogP contribution in [0.3, 0.4) is 0 Å². The van der Waals surface area contributed by atoms with Crippen LogP contribution < -0.4 is 9.46 Å². The van der Waals surface area contributed by atoms with E-state index >= 15 is 0 Å². The lowest BCUT2D eigenvalue weighted by Gasteiger charge is -2.12. The van der Waals surface area contributed by atoms with E-state index < -0.39 is 54.2 Å². The molecule has 0 saturated heterocycles. The van der Waals surface area contributed by atoms with Gasteiger partial charge in [-0.25, -0.2) is 30.4 Å². The predicted molar refractivity (Wildman–Crippen MR) is 77.7 cm³/mol. The molecule has 0 atom stereocenters. The molecule has 1 N–H and O–H groups in total. The van der Waals surface area contributed by atoms with Gasteiger partial charge in [0.1, 0.15) is 0 Å². The summed E-state index contributed by atoms with van der Waals surface area (Å²) in [5.74, 6) is -9.27. The number of sulfonamides is 1. The van der Waals surface area contributed by atoms with Gasteiger partial charge in [-0.05, 0) is 28.1 Å².